The molecule has 1 aliphatic heterocycles. The van der Waals surface area contributed by atoms with Crippen LogP contribution in [0.2, 0.25) is 0 Å². The van der Waals surface area contributed by atoms with Crippen LogP contribution in [-0.4, -0.2) is 25.6 Å². The summed E-state index contributed by atoms with van der Waals surface area (Å²) in [5.41, 5.74) is 0. The molecule has 1 aromatic rings. The summed E-state index contributed by atoms with van der Waals surface area (Å²) in [7, 11) is 0. The van der Waals surface area contributed by atoms with Gasteiger partial charge >= 0.3 is 0 Å². The first kappa shape index (κ1) is 10.1. The third-order valence-electron chi connectivity index (χ3n) is 3.16. The molecule has 86 valence electrons. The molecule has 0 radical (unpaired) electrons. The van der Waals surface area contributed by atoms with Gasteiger partial charge in [0.1, 0.15) is 12.4 Å². The van der Waals surface area contributed by atoms with Crippen molar-refractivity contribution < 1.29 is 14.2 Å². The van der Waals surface area contributed by atoms with Crippen molar-refractivity contribution in [1.82, 2.24) is 0 Å². The summed E-state index contributed by atoms with van der Waals surface area (Å²) in [6.45, 7) is 1.88. The van der Waals surface area contributed by atoms with Crippen molar-refractivity contribution in [2.24, 2.45) is 5.92 Å². The van der Waals surface area contributed by atoms with E-state index in [1.165, 1.54) is 12.8 Å². The number of rotatable bonds is 4. The van der Waals surface area contributed by atoms with Crippen molar-refractivity contribution in [3.8, 4) is 5.75 Å². The van der Waals surface area contributed by atoms with Gasteiger partial charge < -0.3 is 14.2 Å². The van der Waals surface area contributed by atoms with E-state index < -0.39 is 5.79 Å². The highest BCUT2D eigenvalue weighted by atomic mass is 16.8. The maximum absolute atomic E-state index is 5.74. The minimum Gasteiger partial charge on any atom is -0.488 e. The molecular weight excluding hydrogens is 204 g/mol. The highest BCUT2D eigenvalue weighted by molar-refractivity contribution is 5.21. The van der Waals surface area contributed by atoms with Gasteiger partial charge in [0.15, 0.2) is 0 Å². The molecule has 3 heteroatoms. The van der Waals surface area contributed by atoms with Gasteiger partial charge in [-0.25, -0.2) is 0 Å². The van der Waals surface area contributed by atoms with E-state index in [9.17, 15) is 0 Å². The largest absolute Gasteiger partial charge is 0.488 e. The predicted molar refractivity (Wildman–Crippen MR) is 59.3 cm³/mol. The summed E-state index contributed by atoms with van der Waals surface area (Å²) in [6, 6.07) is 9.82. The van der Waals surface area contributed by atoms with E-state index >= 15 is 0 Å². The van der Waals surface area contributed by atoms with Crippen molar-refractivity contribution in [1.29, 1.82) is 0 Å². The summed E-state index contributed by atoms with van der Waals surface area (Å²) in [4.78, 5) is 0. The predicted octanol–water partition coefficient (Wildman–Crippen LogP) is 2.22. The summed E-state index contributed by atoms with van der Waals surface area (Å²) in [5.74, 6) is 0.941. The lowest BCUT2D eigenvalue weighted by Gasteiger charge is -2.27. The lowest BCUT2D eigenvalue weighted by atomic mass is 10.2. The molecule has 0 N–H and O–H groups in total. The third-order valence-corrected chi connectivity index (χ3v) is 3.16. The Morgan fingerprint density at radius 2 is 1.81 bits per heavy atom. The van der Waals surface area contributed by atoms with E-state index in [2.05, 4.69) is 0 Å². The van der Waals surface area contributed by atoms with Gasteiger partial charge in [0.05, 0.1) is 13.2 Å². The second kappa shape index (κ2) is 4.07. The Morgan fingerprint density at radius 3 is 2.44 bits per heavy atom. The molecule has 3 nitrogen and oxygen atoms in total. The van der Waals surface area contributed by atoms with Crippen LogP contribution < -0.4 is 4.74 Å². The highest BCUT2D eigenvalue weighted by Gasteiger charge is 2.50. The van der Waals surface area contributed by atoms with Crippen LogP contribution in [0.3, 0.4) is 0 Å². The molecular formula is C13H16O3. The minimum absolute atomic E-state index is 0.462. The lowest BCUT2D eigenvalue weighted by molar-refractivity contribution is -0.191. The van der Waals surface area contributed by atoms with Crippen molar-refractivity contribution in [3.63, 3.8) is 0 Å². The fourth-order valence-electron chi connectivity index (χ4n) is 2.13. The molecule has 0 spiro atoms. The quantitative estimate of drug-likeness (QED) is 0.778. The molecule has 1 aliphatic carbocycles. The van der Waals surface area contributed by atoms with Crippen LogP contribution in [0.1, 0.15) is 12.8 Å². The minimum atomic E-state index is -0.462. The second-order valence-electron chi connectivity index (χ2n) is 4.38. The standard InChI is InChI=1S/C13H16O3/c1-2-4-12(5-3-1)14-10-13(11-6-7-11)15-8-9-16-13/h1-5,11H,6-10H2. The normalized spacial score (nSPS) is 23.2. The Hall–Kier alpha value is -1.06. The molecule has 1 saturated heterocycles. The molecule has 0 atom stereocenters. The van der Waals surface area contributed by atoms with Crippen LogP contribution in [-0.2, 0) is 9.47 Å². The van der Waals surface area contributed by atoms with E-state index in [1.807, 2.05) is 30.3 Å². The summed E-state index contributed by atoms with van der Waals surface area (Å²) < 4.78 is 17.2. The molecule has 1 saturated carbocycles. The van der Waals surface area contributed by atoms with Crippen molar-refractivity contribution in [2.75, 3.05) is 19.8 Å². The van der Waals surface area contributed by atoms with Crippen molar-refractivity contribution in [2.45, 2.75) is 18.6 Å². The van der Waals surface area contributed by atoms with E-state index in [4.69, 9.17) is 14.2 Å². The lowest BCUT2D eigenvalue weighted by Crippen LogP contribution is -2.39. The number of para-hydroxylation sites is 1. The highest BCUT2D eigenvalue weighted by Crippen LogP contribution is 2.44. The van der Waals surface area contributed by atoms with Crippen LogP contribution in [0.4, 0.5) is 0 Å². The SMILES string of the molecule is c1ccc(OCC2(C3CC3)OCCO2)cc1. The summed E-state index contributed by atoms with van der Waals surface area (Å²) >= 11 is 0. The average molecular weight is 220 g/mol. The molecule has 3 rings (SSSR count). The van der Waals surface area contributed by atoms with Gasteiger partial charge in [0.25, 0.3) is 0 Å². The topological polar surface area (TPSA) is 27.7 Å². The third kappa shape index (κ3) is 1.93. The molecule has 0 unspecified atom stereocenters. The molecule has 1 aromatic carbocycles. The Balaban J connectivity index is 1.64. The zero-order valence-corrected chi connectivity index (χ0v) is 9.22. The monoisotopic (exact) mass is 220 g/mol. The molecule has 1 heterocycles. The number of hydrogen-bond acceptors (Lipinski definition) is 3. The Bertz CT molecular complexity index is 339. The molecule has 0 aromatic heterocycles. The number of ether oxygens (including phenoxy) is 3. The van der Waals surface area contributed by atoms with E-state index in [0.29, 0.717) is 25.7 Å². The van der Waals surface area contributed by atoms with Gasteiger partial charge in [0, 0.05) is 5.92 Å². The van der Waals surface area contributed by atoms with Crippen molar-refractivity contribution in [3.05, 3.63) is 30.3 Å². The Morgan fingerprint density at radius 1 is 1.12 bits per heavy atom. The van der Waals surface area contributed by atoms with Gasteiger partial charge in [-0.1, -0.05) is 18.2 Å². The second-order valence-corrected chi connectivity index (χ2v) is 4.38. The van der Waals surface area contributed by atoms with Gasteiger partial charge in [0.2, 0.25) is 5.79 Å². The van der Waals surface area contributed by atoms with Crippen LogP contribution >= 0.6 is 0 Å². The zero-order valence-electron chi connectivity index (χ0n) is 9.22. The molecule has 0 bridgehead atoms. The molecule has 0 amide bonds. The van der Waals surface area contributed by atoms with Crippen LogP contribution in [0.5, 0.6) is 5.75 Å². The first-order valence-electron chi connectivity index (χ1n) is 5.85. The summed E-state index contributed by atoms with van der Waals surface area (Å²) in [5, 5.41) is 0. The maximum Gasteiger partial charge on any atom is 0.205 e. The van der Waals surface area contributed by atoms with Gasteiger partial charge in [-0.2, -0.15) is 0 Å². The maximum atomic E-state index is 5.74. The van der Waals surface area contributed by atoms with Crippen LogP contribution in [0, 0.1) is 5.92 Å². The molecule has 16 heavy (non-hydrogen) atoms. The van der Waals surface area contributed by atoms with Gasteiger partial charge in [-0.05, 0) is 25.0 Å². The van der Waals surface area contributed by atoms with Gasteiger partial charge in [-0.15, -0.1) is 0 Å². The van der Waals surface area contributed by atoms with E-state index in [1.54, 1.807) is 0 Å². The number of benzene rings is 1. The van der Waals surface area contributed by atoms with Crippen LogP contribution in [0.15, 0.2) is 30.3 Å². The molecule has 2 fully saturated rings. The Labute approximate surface area is 95.3 Å². The van der Waals surface area contributed by atoms with E-state index in [0.717, 1.165) is 5.75 Å². The Kier molecular flexibility index (Phi) is 2.58. The van der Waals surface area contributed by atoms with E-state index in [-0.39, 0.29) is 0 Å². The van der Waals surface area contributed by atoms with Crippen LogP contribution in [0.25, 0.3) is 0 Å². The zero-order chi connectivity index (χ0) is 10.8. The smallest absolute Gasteiger partial charge is 0.205 e. The van der Waals surface area contributed by atoms with Gasteiger partial charge in [-0.3, -0.25) is 0 Å². The summed E-state index contributed by atoms with van der Waals surface area (Å²) in [6.07, 6.45) is 2.39. The molecule has 2 aliphatic rings. The first-order valence-corrected chi connectivity index (χ1v) is 5.85. The fraction of sp³-hybridized carbons (Fsp3) is 0.538. The van der Waals surface area contributed by atoms with Crippen molar-refractivity contribution >= 4 is 0 Å². The fourth-order valence-corrected chi connectivity index (χ4v) is 2.13. The average Bonchev–Trinajstić information content (AvgIpc) is 3.09. The first-order chi connectivity index (χ1) is 7.89. The number of hydrogen-bond donors (Lipinski definition) is 0.